The molecule has 0 amide bonds. The van der Waals surface area contributed by atoms with Gasteiger partial charge in [0.25, 0.3) is 0 Å². The van der Waals surface area contributed by atoms with Crippen LogP contribution in [0.4, 0.5) is 0 Å². The Morgan fingerprint density at radius 1 is 0.353 bits per heavy atom. The Morgan fingerprint density at radius 2 is 0.794 bits per heavy atom. The van der Waals surface area contributed by atoms with E-state index in [4.69, 9.17) is 15.0 Å². The first-order valence-corrected chi connectivity index (χ1v) is 23.3. The van der Waals surface area contributed by atoms with Gasteiger partial charge in [-0.25, -0.2) is 4.98 Å². The van der Waals surface area contributed by atoms with Crippen molar-refractivity contribution >= 4 is 49.3 Å². The average molecular weight is 870 g/mol. The molecule has 0 aliphatic heterocycles. The Labute approximate surface area is 394 Å². The zero-order valence-electron chi connectivity index (χ0n) is 37.1. The quantitative estimate of drug-likeness (QED) is 0.153. The molecule has 0 radical (unpaired) electrons. The molecule has 13 rings (SSSR count). The van der Waals surface area contributed by atoms with Gasteiger partial charge in [0.1, 0.15) is 0 Å². The molecular weight excluding hydrogens is 827 g/mol. The van der Waals surface area contributed by atoms with Gasteiger partial charge in [0, 0.05) is 44.3 Å². The molecule has 0 N–H and O–H groups in total. The van der Waals surface area contributed by atoms with Crippen LogP contribution in [0.1, 0.15) is 17.9 Å². The van der Waals surface area contributed by atoms with E-state index in [-0.39, 0.29) is 0 Å². The SMILES string of the molecule is C1=CC(c2ccccc2)CC=C1n1c2ccccc2c2ccc3c4ccccc4n(-c4nc(-c5ccccc5)nc(-c5cccc(-c6cccc(-c7cccc(-c8ccccc8)c7)c6)c5)n4)c3c21. The fraction of sp³-hybridized carbons (Fsp3) is 0.0317. The predicted molar refractivity (Wildman–Crippen MR) is 282 cm³/mol. The van der Waals surface area contributed by atoms with Gasteiger partial charge in [-0.15, -0.1) is 0 Å². The van der Waals surface area contributed by atoms with Gasteiger partial charge >= 0.3 is 0 Å². The fourth-order valence-corrected chi connectivity index (χ4v) is 10.2. The highest BCUT2D eigenvalue weighted by Crippen LogP contribution is 2.43. The van der Waals surface area contributed by atoms with Crippen LogP contribution < -0.4 is 0 Å². The van der Waals surface area contributed by atoms with Gasteiger partial charge in [0.2, 0.25) is 5.95 Å². The third kappa shape index (κ3) is 6.83. The van der Waals surface area contributed by atoms with Crippen molar-refractivity contribution in [1.82, 2.24) is 24.1 Å². The van der Waals surface area contributed by atoms with Crippen LogP contribution in [0.15, 0.2) is 243 Å². The van der Waals surface area contributed by atoms with E-state index in [1.54, 1.807) is 0 Å². The van der Waals surface area contributed by atoms with E-state index in [9.17, 15) is 0 Å². The van der Waals surface area contributed by atoms with Crippen molar-refractivity contribution in [2.45, 2.75) is 12.3 Å². The number of benzene rings is 9. The molecule has 3 heterocycles. The van der Waals surface area contributed by atoms with Crippen LogP contribution in [-0.2, 0) is 0 Å². The summed E-state index contributed by atoms with van der Waals surface area (Å²) in [7, 11) is 0. The topological polar surface area (TPSA) is 48.5 Å². The highest BCUT2D eigenvalue weighted by Gasteiger charge is 2.24. The Bertz CT molecular complexity index is 3940. The van der Waals surface area contributed by atoms with Crippen LogP contribution in [0.3, 0.4) is 0 Å². The second kappa shape index (κ2) is 16.5. The second-order valence-electron chi connectivity index (χ2n) is 17.6. The van der Waals surface area contributed by atoms with Gasteiger partial charge in [-0.3, -0.25) is 4.57 Å². The average Bonchev–Trinajstić information content (AvgIpc) is 3.95. The molecule has 0 saturated heterocycles. The van der Waals surface area contributed by atoms with Crippen LogP contribution in [0.5, 0.6) is 0 Å². The molecule has 5 heteroatoms. The third-order valence-corrected chi connectivity index (χ3v) is 13.5. The number of para-hydroxylation sites is 2. The van der Waals surface area contributed by atoms with E-state index >= 15 is 0 Å². The molecule has 0 saturated carbocycles. The lowest BCUT2D eigenvalue weighted by molar-refractivity contribution is 0.850. The van der Waals surface area contributed by atoms with Gasteiger partial charge in [-0.05, 0) is 81.8 Å². The Hall–Kier alpha value is -8.93. The van der Waals surface area contributed by atoms with E-state index in [0.717, 1.165) is 72.8 Å². The van der Waals surface area contributed by atoms with Crippen LogP contribution in [-0.4, -0.2) is 24.1 Å². The first-order chi connectivity index (χ1) is 33.7. The molecule has 320 valence electrons. The maximum Gasteiger partial charge on any atom is 0.238 e. The predicted octanol–water partition coefficient (Wildman–Crippen LogP) is 16.0. The smallest absolute Gasteiger partial charge is 0.238 e. The molecule has 0 spiro atoms. The van der Waals surface area contributed by atoms with Gasteiger partial charge < -0.3 is 4.57 Å². The summed E-state index contributed by atoms with van der Waals surface area (Å²) >= 11 is 0. The van der Waals surface area contributed by atoms with Crippen molar-refractivity contribution < 1.29 is 0 Å². The lowest BCUT2D eigenvalue weighted by Crippen LogP contribution is -2.07. The summed E-state index contributed by atoms with van der Waals surface area (Å²) in [6, 6.07) is 79.7. The zero-order valence-corrected chi connectivity index (χ0v) is 37.1. The number of fused-ring (bicyclic) bond motifs is 7. The molecule has 3 aromatic heterocycles. The van der Waals surface area contributed by atoms with E-state index in [2.05, 4.69) is 234 Å². The van der Waals surface area contributed by atoms with Crippen molar-refractivity contribution in [3.63, 3.8) is 0 Å². The van der Waals surface area contributed by atoms with Crippen molar-refractivity contribution in [3.8, 4) is 62.1 Å². The molecule has 1 aliphatic carbocycles. The van der Waals surface area contributed by atoms with Crippen LogP contribution in [0.2, 0.25) is 0 Å². The van der Waals surface area contributed by atoms with Crippen molar-refractivity contribution in [3.05, 3.63) is 248 Å². The molecule has 1 atom stereocenters. The molecule has 0 fully saturated rings. The molecule has 68 heavy (non-hydrogen) atoms. The first-order valence-electron chi connectivity index (χ1n) is 23.3. The number of hydrogen-bond donors (Lipinski definition) is 0. The molecule has 1 aliphatic rings. The molecule has 12 aromatic rings. The number of allylic oxidation sites excluding steroid dienone is 4. The summed E-state index contributed by atoms with van der Waals surface area (Å²) in [4.78, 5) is 16.1. The van der Waals surface area contributed by atoms with E-state index in [0.29, 0.717) is 23.5 Å². The summed E-state index contributed by atoms with van der Waals surface area (Å²) in [5.41, 5.74) is 15.6. The molecule has 1 unspecified atom stereocenters. The second-order valence-corrected chi connectivity index (χ2v) is 17.6. The molecule has 0 bridgehead atoms. The van der Waals surface area contributed by atoms with Crippen LogP contribution >= 0.6 is 0 Å². The van der Waals surface area contributed by atoms with Crippen molar-refractivity contribution in [1.29, 1.82) is 0 Å². The van der Waals surface area contributed by atoms with Crippen molar-refractivity contribution in [2.75, 3.05) is 0 Å². The zero-order chi connectivity index (χ0) is 45.0. The van der Waals surface area contributed by atoms with Gasteiger partial charge in [0.15, 0.2) is 11.6 Å². The minimum Gasteiger partial charge on any atom is -0.308 e. The minimum atomic E-state index is 0.319. The maximum absolute atomic E-state index is 5.46. The fourth-order valence-electron chi connectivity index (χ4n) is 10.2. The lowest BCUT2D eigenvalue weighted by atomic mass is 9.92. The Morgan fingerprint density at radius 3 is 1.37 bits per heavy atom. The molecule has 5 nitrogen and oxygen atoms in total. The number of hydrogen-bond acceptors (Lipinski definition) is 3. The summed E-state index contributed by atoms with van der Waals surface area (Å²) in [5.74, 6) is 2.09. The van der Waals surface area contributed by atoms with Gasteiger partial charge in [-0.1, -0.05) is 206 Å². The van der Waals surface area contributed by atoms with Gasteiger partial charge in [0.05, 0.1) is 22.1 Å². The number of rotatable bonds is 8. The third-order valence-electron chi connectivity index (χ3n) is 13.5. The standard InChI is InChI=1S/C63H43N5/c1-4-17-42(18-5-1)44-33-35-52(36-34-44)67-57-31-12-10-29-53(57)55-37-38-56-54-30-11-13-32-58(54)68(60(56)59(55)67)63-65-61(45-21-8-3-9-22-45)64-62(66-63)51-28-16-27-50(41-51)49-26-15-25-48(40-49)47-24-14-23-46(39-47)43-19-6-2-7-20-43/h1-33,35-41,44H,34H2. The van der Waals surface area contributed by atoms with E-state index < -0.39 is 0 Å². The Balaban J connectivity index is 0.993. The van der Waals surface area contributed by atoms with E-state index in [1.165, 1.54) is 33.0 Å². The molecular formula is C63H43N5. The Kier molecular flexibility index (Phi) is 9.57. The van der Waals surface area contributed by atoms with Gasteiger partial charge in [-0.2, -0.15) is 9.97 Å². The molecule has 9 aromatic carbocycles. The summed E-state index contributed by atoms with van der Waals surface area (Å²) in [6.07, 6.45) is 7.97. The van der Waals surface area contributed by atoms with Crippen molar-refractivity contribution in [2.24, 2.45) is 0 Å². The largest absolute Gasteiger partial charge is 0.308 e. The minimum absolute atomic E-state index is 0.319. The van der Waals surface area contributed by atoms with Crippen LogP contribution in [0, 0.1) is 0 Å². The number of nitrogens with zero attached hydrogens (tertiary/aromatic N) is 5. The highest BCUT2D eigenvalue weighted by atomic mass is 15.2. The number of aromatic nitrogens is 5. The normalized spacial score (nSPS) is 13.7. The summed E-state index contributed by atoms with van der Waals surface area (Å²) in [6.45, 7) is 0. The van der Waals surface area contributed by atoms with E-state index in [1.807, 2.05) is 18.2 Å². The highest BCUT2D eigenvalue weighted by molar-refractivity contribution is 6.24. The lowest BCUT2D eigenvalue weighted by Gasteiger charge is -2.19. The monoisotopic (exact) mass is 869 g/mol. The summed E-state index contributed by atoms with van der Waals surface area (Å²) < 4.78 is 4.73. The first kappa shape index (κ1) is 39.4. The summed E-state index contributed by atoms with van der Waals surface area (Å²) in [5, 5.41) is 4.65. The van der Waals surface area contributed by atoms with Crippen LogP contribution in [0.25, 0.3) is 111 Å². The maximum atomic E-state index is 5.46.